The molecule has 2 N–H and O–H groups in total. The second-order valence-electron chi connectivity index (χ2n) is 11.2. The third-order valence-corrected chi connectivity index (χ3v) is 7.80. The summed E-state index contributed by atoms with van der Waals surface area (Å²) in [6.45, 7) is 0.536. The predicted molar refractivity (Wildman–Crippen MR) is 165 cm³/mol. The highest BCUT2D eigenvalue weighted by molar-refractivity contribution is 5.89. The summed E-state index contributed by atoms with van der Waals surface area (Å²) in [4.78, 5) is 31.5. The first-order chi connectivity index (χ1) is 21.2. The number of anilines is 1. The summed E-state index contributed by atoms with van der Waals surface area (Å²) in [6, 6.07) is 23.7. The summed E-state index contributed by atoms with van der Waals surface area (Å²) < 4.78 is 38.9. The van der Waals surface area contributed by atoms with Crippen molar-refractivity contribution < 1.29 is 22.8 Å². The molecular formula is C35H35F3N4O2. The smallest absolute Gasteiger partial charge is 0.353 e. The normalized spacial score (nSPS) is 13.7. The molecule has 4 aromatic rings. The zero-order valence-electron chi connectivity index (χ0n) is 24.3. The van der Waals surface area contributed by atoms with E-state index in [0.717, 1.165) is 52.8 Å². The molecule has 3 aromatic carbocycles. The molecule has 0 aliphatic heterocycles. The monoisotopic (exact) mass is 600 g/mol. The number of urea groups is 1. The average molecular weight is 601 g/mol. The first-order valence-electron chi connectivity index (χ1n) is 14.8. The molecule has 0 saturated heterocycles. The number of aromatic nitrogens is 1. The Morgan fingerprint density at radius 1 is 0.773 bits per heavy atom. The largest absolute Gasteiger partial charge is 0.416 e. The molecule has 0 unspecified atom stereocenters. The number of hydrogen-bond acceptors (Lipinski definition) is 3. The molecule has 0 spiro atoms. The standard InChI is InChI=1S/C35H35F3N4O2/c36-35(37,38)30-16-18-32(19-17-30)41-34(44)42(24-27-5-4-20-39-22-27)23-26-10-14-29(15-11-26)28-12-8-25(9-13-28)21-33(43)40-31-6-2-1-3-7-31/h4-5,8-20,22,31H,1-3,6-7,21,23-24H2,(H,40,43)(H,41,44). The maximum absolute atomic E-state index is 13.3. The minimum Gasteiger partial charge on any atom is -0.353 e. The minimum atomic E-state index is -4.45. The molecule has 44 heavy (non-hydrogen) atoms. The van der Waals surface area contributed by atoms with Crippen molar-refractivity contribution in [2.75, 3.05) is 5.32 Å². The van der Waals surface area contributed by atoms with E-state index >= 15 is 0 Å². The maximum Gasteiger partial charge on any atom is 0.416 e. The van der Waals surface area contributed by atoms with Crippen LogP contribution >= 0.6 is 0 Å². The van der Waals surface area contributed by atoms with Crippen molar-refractivity contribution in [1.82, 2.24) is 15.2 Å². The molecule has 228 valence electrons. The van der Waals surface area contributed by atoms with Gasteiger partial charge < -0.3 is 15.5 Å². The summed E-state index contributed by atoms with van der Waals surface area (Å²) in [5, 5.41) is 5.87. The van der Waals surface area contributed by atoms with Gasteiger partial charge in [-0.25, -0.2) is 4.79 Å². The Morgan fingerprint density at radius 2 is 1.39 bits per heavy atom. The van der Waals surface area contributed by atoms with Gasteiger partial charge in [0, 0.05) is 37.2 Å². The molecule has 0 atom stereocenters. The molecule has 1 aliphatic carbocycles. The lowest BCUT2D eigenvalue weighted by molar-refractivity contribution is -0.137. The van der Waals surface area contributed by atoms with Crippen molar-refractivity contribution in [3.05, 3.63) is 120 Å². The minimum absolute atomic E-state index is 0.0622. The number of amides is 3. The average Bonchev–Trinajstić information content (AvgIpc) is 3.02. The Bertz CT molecular complexity index is 1520. The van der Waals surface area contributed by atoms with Crippen LogP contribution in [0.15, 0.2) is 97.3 Å². The Morgan fingerprint density at radius 3 is 1.98 bits per heavy atom. The lowest BCUT2D eigenvalue weighted by atomic mass is 9.95. The number of benzene rings is 3. The predicted octanol–water partition coefficient (Wildman–Crippen LogP) is 7.99. The number of halogens is 3. The van der Waals surface area contributed by atoms with Crippen LogP contribution in [0.5, 0.6) is 0 Å². The molecule has 1 saturated carbocycles. The molecule has 1 aliphatic rings. The number of rotatable bonds is 9. The van der Waals surface area contributed by atoms with E-state index in [-0.39, 0.29) is 24.7 Å². The molecule has 1 fully saturated rings. The summed E-state index contributed by atoms with van der Waals surface area (Å²) in [7, 11) is 0. The molecule has 6 nitrogen and oxygen atoms in total. The first kappa shape index (κ1) is 30.8. The van der Waals surface area contributed by atoms with Gasteiger partial charge in [-0.1, -0.05) is 73.9 Å². The first-order valence-corrected chi connectivity index (χ1v) is 14.8. The van der Waals surface area contributed by atoms with Crippen LogP contribution in [0.4, 0.5) is 23.7 Å². The third-order valence-electron chi connectivity index (χ3n) is 7.80. The fourth-order valence-corrected chi connectivity index (χ4v) is 5.41. The lowest BCUT2D eigenvalue weighted by Crippen LogP contribution is -2.37. The van der Waals surface area contributed by atoms with Gasteiger partial charge in [0.1, 0.15) is 0 Å². The van der Waals surface area contributed by atoms with Gasteiger partial charge in [0.05, 0.1) is 12.0 Å². The van der Waals surface area contributed by atoms with Gasteiger partial charge in [-0.3, -0.25) is 9.78 Å². The number of alkyl halides is 3. The van der Waals surface area contributed by atoms with Gasteiger partial charge in [-0.2, -0.15) is 13.2 Å². The van der Waals surface area contributed by atoms with Gasteiger partial charge in [-0.15, -0.1) is 0 Å². The van der Waals surface area contributed by atoms with Crippen LogP contribution in [0.25, 0.3) is 11.1 Å². The van der Waals surface area contributed by atoms with Crippen molar-refractivity contribution >= 4 is 17.6 Å². The highest BCUT2D eigenvalue weighted by atomic mass is 19.4. The molecule has 0 radical (unpaired) electrons. The van der Waals surface area contributed by atoms with E-state index in [1.807, 2.05) is 54.6 Å². The van der Waals surface area contributed by atoms with E-state index in [2.05, 4.69) is 15.6 Å². The van der Waals surface area contributed by atoms with Crippen LogP contribution in [-0.2, 0) is 30.5 Å². The topological polar surface area (TPSA) is 74.3 Å². The van der Waals surface area contributed by atoms with Gasteiger partial charge in [0.2, 0.25) is 5.91 Å². The van der Waals surface area contributed by atoms with E-state index < -0.39 is 17.8 Å². The van der Waals surface area contributed by atoms with Crippen molar-refractivity contribution in [2.24, 2.45) is 0 Å². The van der Waals surface area contributed by atoms with Gasteiger partial charge in [0.25, 0.3) is 0 Å². The van der Waals surface area contributed by atoms with Crippen LogP contribution in [0, 0.1) is 0 Å². The Labute approximate surface area is 255 Å². The number of nitrogens with zero attached hydrogens (tertiary/aromatic N) is 2. The molecule has 0 bridgehead atoms. The second kappa shape index (κ2) is 14.2. The van der Waals surface area contributed by atoms with E-state index in [1.165, 1.54) is 31.4 Å². The van der Waals surface area contributed by atoms with E-state index in [4.69, 9.17) is 0 Å². The lowest BCUT2D eigenvalue weighted by Gasteiger charge is -2.23. The van der Waals surface area contributed by atoms with Crippen molar-refractivity contribution in [2.45, 2.75) is 63.8 Å². The van der Waals surface area contributed by atoms with Crippen molar-refractivity contribution in [3.8, 4) is 11.1 Å². The van der Waals surface area contributed by atoms with E-state index in [1.54, 1.807) is 23.4 Å². The molecule has 5 rings (SSSR count). The fourth-order valence-electron chi connectivity index (χ4n) is 5.41. The number of carbonyl (C=O) groups excluding carboxylic acids is 2. The SMILES string of the molecule is O=C(Cc1ccc(-c2ccc(CN(Cc3cccnc3)C(=O)Nc3ccc(C(F)(F)F)cc3)cc2)cc1)NC1CCCCC1. The highest BCUT2D eigenvalue weighted by Gasteiger charge is 2.30. The van der Waals surface area contributed by atoms with Gasteiger partial charge in [0.15, 0.2) is 0 Å². The number of nitrogens with one attached hydrogen (secondary N) is 2. The summed E-state index contributed by atoms with van der Waals surface area (Å²) in [6.07, 6.45) is 4.95. The van der Waals surface area contributed by atoms with Crippen LogP contribution in [-0.4, -0.2) is 27.9 Å². The zero-order valence-corrected chi connectivity index (χ0v) is 24.3. The second-order valence-corrected chi connectivity index (χ2v) is 11.2. The van der Waals surface area contributed by atoms with E-state index in [0.29, 0.717) is 12.5 Å². The molecule has 1 aromatic heterocycles. The highest BCUT2D eigenvalue weighted by Crippen LogP contribution is 2.30. The Hall–Kier alpha value is -4.66. The van der Waals surface area contributed by atoms with Crippen LogP contribution in [0.3, 0.4) is 0 Å². The Balaban J connectivity index is 1.22. The quantitative estimate of drug-likeness (QED) is 0.205. The van der Waals surface area contributed by atoms with Gasteiger partial charge >= 0.3 is 12.2 Å². The molecule has 1 heterocycles. The van der Waals surface area contributed by atoms with E-state index in [9.17, 15) is 22.8 Å². The van der Waals surface area contributed by atoms with Crippen molar-refractivity contribution in [3.63, 3.8) is 0 Å². The summed E-state index contributed by atoms with van der Waals surface area (Å²) in [5.74, 6) is 0.0622. The Kier molecular flexibility index (Phi) is 9.94. The van der Waals surface area contributed by atoms with Crippen LogP contribution in [0.1, 0.15) is 54.4 Å². The number of carbonyl (C=O) groups is 2. The summed E-state index contributed by atoms with van der Waals surface area (Å²) >= 11 is 0. The van der Waals surface area contributed by atoms with Gasteiger partial charge in [-0.05, 0) is 71.0 Å². The van der Waals surface area contributed by atoms with Crippen molar-refractivity contribution in [1.29, 1.82) is 0 Å². The summed E-state index contributed by atoms with van der Waals surface area (Å²) in [5.41, 5.74) is 4.17. The maximum atomic E-state index is 13.3. The molecule has 3 amide bonds. The number of hydrogen-bond donors (Lipinski definition) is 2. The van der Waals surface area contributed by atoms with Crippen LogP contribution in [0.2, 0.25) is 0 Å². The number of pyridine rings is 1. The zero-order chi connectivity index (χ0) is 30.9. The molecule has 9 heteroatoms. The molecular weight excluding hydrogens is 565 g/mol. The third kappa shape index (κ3) is 8.69. The fraction of sp³-hybridized carbons (Fsp3) is 0.286. The van der Waals surface area contributed by atoms with Crippen LogP contribution < -0.4 is 10.6 Å².